The average molecular weight is 227 g/mol. The van der Waals surface area contributed by atoms with Crippen molar-refractivity contribution >= 4 is 39.1 Å². The molecule has 4 nitrogen and oxygen atoms in total. The highest BCUT2D eigenvalue weighted by Gasteiger charge is 2.05. The van der Waals surface area contributed by atoms with Gasteiger partial charge in [-0.25, -0.2) is 9.97 Å². The van der Waals surface area contributed by atoms with Crippen LogP contribution in [0, 0.1) is 0 Å². The third kappa shape index (κ3) is 1.82. The molecule has 0 aliphatic rings. The molecule has 0 amide bonds. The average Bonchev–Trinajstić information content (AvgIpc) is 2.63. The van der Waals surface area contributed by atoms with Crippen LogP contribution in [0.4, 0.5) is 5.82 Å². The predicted molar refractivity (Wildman–Crippen MR) is 59.6 cm³/mol. The van der Waals surface area contributed by atoms with Crippen molar-refractivity contribution in [1.82, 2.24) is 9.97 Å². The van der Waals surface area contributed by atoms with Gasteiger partial charge in [-0.3, -0.25) is 0 Å². The van der Waals surface area contributed by atoms with Crippen LogP contribution in [-0.2, 0) is 4.74 Å². The van der Waals surface area contributed by atoms with E-state index >= 15 is 0 Å². The maximum atomic E-state index is 5.77. The molecule has 0 saturated carbocycles. The fourth-order valence-corrected chi connectivity index (χ4v) is 2.41. The maximum Gasteiger partial charge on any atom is 0.193 e. The summed E-state index contributed by atoms with van der Waals surface area (Å²) in [6, 6.07) is 1.93. The molecule has 6 heteroatoms. The number of nitrogens with two attached hydrogens (primary N) is 1. The maximum absolute atomic E-state index is 5.77. The van der Waals surface area contributed by atoms with Gasteiger partial charge in [0.2, 0.25) is 0 Å². The molecule has 0 spiro atoms. The molecule has 0 aliphatic carbocycles. The number of aromatic nitrogens is 2. The highest BCUT2D eigenvalue weighted by atomic mass is 32.2. The molecule has 2 aromatic heterocycles. The SMILES string of the molecule is COCSc1nc(N)c2ccsc2n1. The molecule has 0 unspecified atom stereocenters. The largest absolute Gasteiger partial charge is 0.383 e. The minimum atomic E-state index is 0.537. The summed E-state index contributed by atoms with van der Waals surface area (Å²) in [5.41, 5.74) is 5.77. The van der Waals surface area contributed by atoms with E-state index in [1.54, 1.807) is 18.4 Å². The van der Waals surface area contributed by atoms with Crippen LogP contribution >= 0.6 is 23.1 Å². The predicted octanol–water partition coefficient (Wildman–Crippen LogP) is 1.97. The zero-order valence-electron chi connectivity index (χ0n) is 7.56. The van der Waals surface area contributed by atoms with Crippen LogP contribution in [0.1, 0.15) is 0 Å². The van der Waals surface area contributed by atoms with E-state index in [0.29, 0.717) is 16.9 Å². The Morgan fingerprint density at radius 3 is 3.21 bits per heavy atom. The molecule has 2 heterocycles. The van der Waals surface area contributed by atoms with Gasteiger partial charge in [-0.2, -0.15) is 0 Å². The van der Waals surface area contributed by atoms with Crippen molar-refractivity contribution in [3.63, 3.8) is 0 Å². The van der Waals surface area contributed by atoms with Gasteiger partial charge in [0.1, 0.15) is 10.6 Å². The summed E-state index contributed by atoms with van der Waals surface area (Å²) in [6.45, 7) is 0. The van der Waals surface area contributed by atoms with E-state index in [1.165, 1.54) is 11.8 Å². The van der Waals surface area contributed by atoms with E-state index in [1.807, 2.05) is 11.4 Å². The highest BCUT2D eigenvalue weighted by molar-refractivity contribution is 7.99. The second-order valence-electron chi connectivity index (χ2n) is 2.58. The summed E-state index contributed by atoms with van der Waals surface area (Å²) in [5, 5.41) is 3.55. The van der Waals surface area contributed by atoms with Gasteiger partial charge < -0.3 is 10.5 Å². The third-order valence-electron chi connectivity index (χ3n) is 1.64. The summed E-state index contributed by atoms with van der Waals surface area (Å²) >= 11 is 3.00. The molecular weight excluding hydrogens is 218 g/mol. The Morgan fingerprint density at radius 2 is 2.43 bits per heavy atom. The lowest BCUT2D eigenvalue weighted by atomic mass is 10.4. The Labute approximate surface area is 89.5 Å². The number of nitrogens with zero attached hydrogens (tertiary/aromatic N) is 2. The second-order valence-corrected chi connectivity index (χ2v) is 4.37. The summed E-state index contributed by atoms with van der Waals surface area (Å²) in [7, 11) is 1.64. The highest BCUT2D eigenvalue weighted by Crippen LogP contribution is 2.25. The number of hydrogen-bond acceptors (Lipinski definition) is 6. The van der Waals surface area contributed by atoms with Gasteiger partial charge in [0.15, 0.2) is 5.16 Å². The summed E-state index contributed by atoms with van der Waals surface area (Å²) < 4.78 is 4.92. The normalized spacial score (nSPS) is 10.9. The lowest BCUT2D eigenvalue weighted by Gasteiger charge is -2.00. The van der Waals surface area contributed by atoms with Crippen LogP contribution in [0.2, 0.25) is 0 Å². The Bertz CT molecular complexity index is 443. The minimum Gasteiger partial charge on any atom is -0.383 e. The van der Waals surface area contributed by atoms with E-state index in [9.17, 15) is 0 Å². The van der Waals surface area contributed by atoms with Crippen molar-refractivity contribution in [3.05, 3.63) is 11.4 Å². The van der Waals surface area contributed by atoms with E-state index in [4.69, 9.17) is 10.5 Å². The lowest BCUT2D eigenvalue weighted by Crippen LogP contribution is -1.95. The van der Waals surface area contributed by atoms with Crippen molar-refractivity contribution in [1.29, 1.82) is 0 Å². The quantitative estimate of drug-likeness (QED) is 0.493. The molecular formula is C8H9N3OS2. The zero-order chi connectivity index (χ0) is 9.97. The molecule has 0 saturated heterocycles. The van der Waals surface area contributed by atoms with Crippen molar-refractivity contribution in [2.24, 2.45) is 0 Å². The summed E-state index contributed by atoms with van der Waals surface area (Å²) in [4.78, 5) is 9.44. The number of thioether (sulfide) groups is 1. The van der Waals surface area contributed by atoms with Crippen LogP contribution in [0.5, 0.6) is 0 Å². The van der Waals surface area contributed by atoms with Crippen LogP contribution in [0.25, 0.3) is 10.2 Å². The zero-order valence-corrected chi connectivity index (χ0v) is 9.19. The number of anilines is 1. The number of thiophene rings is 1. The number of nitrogen functional groups attached to an aromatic ring is 1. The first kappa shape index (κ1) is 9.70. The van der Waals surface area contributed by atoms with E-state index in [-0.39, 0.29) is 0 Å². The number of ether oxygens (including phenoxy) is 1. The monoisotopic (exact) mass is 227 g/mol. The third-order valence-corrected chi connectivity index (χ3v) is 3.24. The Kier molecular flexibility index (Phi) is 2.85. The molecule has 0 atom stereocenters. The minimum absolute atomic E-state index is 0.537. The van der Waals surface area contributed by atoms with Crippen molar-refractivity contribution in [2.45, 2.75) is 5.16 Å². The Hall–Kier alpha value is -0.850. The number of fused-ring (bicyclic) bond motifs is 1. The molecule has 2 aromatic rings. The van der Waals surface area contributed by atoms with Crippen LogP contribution in [-0.4, -0.2) is 23.0 Å². The number of rotatable bonds is 3. The van der Waals surface area contributed by atoms with E-state index < -0.39 is 0 Å². The summed E-state index contributed by atoms with van der Waals surface area (Å²) in [5.74, 6) is 1.07. The van der Waals surface area contributed by atoms with Gasteiger partial charge in [0.25, 0.3) is 0 Å². The molecule has 0 bridgehead atoms. The molecule has 74 valence electrons. The lowest BCUT2D eigenvalue weighted by molar-refractivity contribution is 0.258. The second kappa shape index (κ2) is 4.12. The van der Waals surface area contributed by atoms with Crippen LogP contribution in [0.3, 0.4) is 0 Å². The molecule has 2 N–H and O–H groups in total. The van der Waals surface area contributed by atoms with Crippen molar-refractivity contribution in [2.75, 3.05) is 18.8 Å². The van der Waals surface area contributed by atoms with Gasteiger partial charge in [-0.1, -0.05) is 11.8 Å². The molecule has 2 rings (SSSR count). The van der Waals surface area contributed by atoms with Gasteiger partial charge in [-0.05, 0) is 11.4 Å². The van der Waals surface area contributed by atoms with Gasteiger partial charge in [0, 0.05) is 7.11 Å². The molecule has 0 fully saturated rings. The van der Waals surface area contributed by atoms with E-state index in [0.717, 1.165) is 10.2 Å². The Balaban J connectivity index is 2.38. The first-order chi connectivity index (χ1) is 6.81. The molecule has 0 radical (unpaired) electrons. The number of hydrogen-bond donors (Lipinski definition) is 1. The van der Waals surface area contributed by atoms with Crippen LogP contribution < -0.4 is 5.73 Å². The smallest absolute Gasteiger partial charge is 0.193 e. The van der Waals surface area contributed by atoms with Crippen LogP contribution in [0.15, 0.2) is 16.6 Å². The van der Waals surface area contributed by atoms with Crippen molar-refractivity contribution < 1.29 is 4.74 Å². The fraction of sp³-hybridized carbons (Fsp3) is 0.250. The standard InChI is InChI=1S/C8H9N3OS2/c1-12-4-14-8-10-6(9)5-2-3-13-7(5)11-8/h2-3H,4H2,1H3,(H2,9,10,11). The van der Waals surface area contributed by atoms with Crippen molar-refractivity contribution in [3.8, 4) is 0 Å². The Morgan fingerprint density at radius 1 is 1.57 bits per heavy atom. The fourth-order valence-electron chi connectivity index (χ4n) is 1.03. The number of methoxy groups -OCH3 is 1. The van der Waals surface area contributed by atoms with Gasteiger partial charge in [-0.15, -0.1) is 11.3 Å². The van der Waals surface area contributed by atoms with Gasteiger partial charge >= 0.3 is 0 Å². The topological polar surface area (TPSA) is 61.0 Å². The summed E-state index contributed by atoms with van der Waals surface area (Å²) in [6.07, 6.45) is 0. The first-order valence-corrected chi connectivity index (χ1v) is 5.80. The van der Waals surface area contributed by atoms with Gasteiger partial charge in [0.05, 0.1) is 11.3 Å². The molecule has 0 aromatic carbocycles. The first-order valence-electron chi connectivity index (χ1n) is 3.93. The molecule has 14 heavy (non-hydrogen) atoms. The van der Waals surface area contributed by atoms with E-state index in [2.05, 4.69) is 9.97 Å². The molecule has 0 aliphatic heterocycles.